The predicted molar refractivity (Wildman–Crippen MR) is 116 cm³/mol. The average molecular weight is 448 g/mol. The molecule has 0 unspecified atom stereocenters. The topological polar surface area (TPSA) is 82.3 Å². The Morgan fingerprint density at radius 3 is 2.34 bits per heavy atom. The van der Waals surface area contributed by atoms with Gasteiger partial charge in [0.1, 0.15) is 5.54 Å². The van der Waals surface area contributed by atoms with Gasteiger partial charge in [-0.25, -0.2) is 0 Å². The van der Waals surface area contributed by atoms with Gasteiger partial charge in [0.15, 0.2) is 0 Å². The first-order chi connectivity index (χ1) is 15.2. The van der Waals surface area contributed by atoms with Crippen LogP contribution in [0, 0.1) is 0 Å². The van der Waals surface area contributed by atoms with Crippen molar-refractivity contribution in [3.8, 4) is 0 Å². The number of hydrogen-bond donors (Lipinski definition) is 4. The van der Waals surface area contributed by atoms with Gasteiger partial charge in [-0.1, -0.05) is 24.3 Å². The number of nitrogens with one attached hydrogen (secondary N) is 4. The van der Waals surface area contributed by atoms with Crippen molar-refractivity contribution in [3.05, 3.63) is 59.7 Å². The highest BCUT2D eigenvalue weighted by atomic mass is 19.4. The van der Waals surface area contributed by atoms with E-state index in [1.165, 1.54) is 18.2 Å². The van der Waals surface area contributed by atoms with Crippen LogP contribution in [0.4, 0.5) is 24.5 Å². The molecule has 32 heavy (non-hydrogen) atoms. The molecular formula is C23H27F3N4O2. The minimum absolute atomic E-state index is 0.0258. The van der Waals surface area contributed by atoms with E-state index < -0.39 is 17.3 Å². The lowest BCUT2D eigenvalue weighted by molar-refractivity contribution is -0.137. The van der Waals surface area contributed by atoms with Crippen LogP contribution in [0.2, 0.25) is 0 Å². The Balaban J connectivity index is 1.52. The summed E-state index contributed by atoms with van der Waals surface area (Å²) in [7, 11) is 1.82. The normalized spacial score (nSPS) is 14.5. The van der Waals surface area contributed by atoms with Crippen molar-refractivity contribution in [3.63, 3.8) is 0 Å². The van der Waals surface area contributed by atoms with Crippen molar-refractivity contribution in [1.82, 2.24) is 16.0 Å². The lowest BCUT2D eigenvalue weighted by Gasteiger charge is -2.17. The van der Waals surface area contributed by atoms with E-state index >= 15 is 0 Å². The fraction of sp³-hybridized carbons (Fsp3) is 0.391. The molecule has 1 saturated carbocycles. The van der Waals surface area contributed by atoms with Crippen LogP contribution in [0.3, 0.4) is 0 Å². The summed E-state index contributed by atoms with van der Waals surface area (Å²) in [5, 5.41) is 11.4. The first kappa shape index (κ1) is 23.6. The highest BCUT2D eigenvalue weighted by Crippen LogP contribution is 2.36. The van der Waals surface area contributed by atoms with Crippen LogP contribution in [0.1, 0.15) is 36.8 Å². The van der Waals surface area contributed by atoms with E-state index in [0.717, 1.165) is 18.2 Å². The molecule has 0 atom stereocenters. The highest BCUT2D eigenvalue weighted by molar-refractivity contribution is 5.94. The van der Waals surface area contributed by atoms with Crippen LogP contribution in [-0.4, -0.2) is 30.9 Å². The third-order valence-corrected chi connectivity index (χ3v) is 5.31. The summed E-state index contributed by atoms with van der Waals surface area (Å²) in [6.45, 7) is 0.995. The smallest absolute Gasteiger partial charge is 0.355 e. The van der Waals surface area contributed by atoms with Gasteiger partial charge in [-0.2, -0.15) is 13.2 Å². The molecule has 2 aromatic carbocycles. The lowest BCUT2D eigenvalue weighted by Crippen LogP contribution is -2.48. The fourth-order valence-corrected chi connectivity index (χ4v) is 3.34. The molecule has 2 aromatic rings. The highest BCUT2D eigenvalue weighted by Gasteiger charge is 2.50. The molecule has 1 aliphatic carbocycles. The second-order valence-corrected chi connectivity index (χ2v) is 7.89. The molecule has 1 fully saturated rings. The number of rotatable bonds is 10. The van der Waals surface area contributed by atoms with Gasteiger partial charge in [-0.15, -0.1) is 0 Å². The van der Waals surface area contributed by atoms with Crippen LogP contribution in [0.5, 0.6) is 0 Å². The van der Waals surface area contributed by atoms with Crippen molar-refractivity contribution >= 4 is 23.2 Å². The van der Waals surface area contributed by atoms with Crippen molar-refractivity contribution < 1.29 is 22.8 Å². The summed E-state index contributed by atoms with van der Waals surface area (Å²) in [4.78, 5) is 24.6. The first-order valence-corrected chi connectivity index (χ1v) is 10.5. The van der Waals surface area contributed by atoms with Gasteiger partial charge < -0.3 is 21.3 Å². The first-order valence-electron chi connectivity index (χ1n) is 10.5. The van der Waals surface area contributed by atoms with Gasteiger partial charge in [-0.05, 0) is 62.7 Å². The molecule has 172 valence electrons. The van der Waals surface area contributed by atoms with Crippen molar-refractivity contribution in [1.29, 1.82) is 0 Å². The molecule has 0 radical (unpaired) electrons. The summed E-state index contributed by atoms with van der Waals surface area (Å²) in [6.07, 6.45) is -2.17. The molecule has 0 aromatic heterocycles. The van der Waals surface area contributed by atoms with Gasteiger partial charge in [0, 0.05) is 18.7 Å². The number of alkyl halides is 3. The number of anilines is 2. The van der Waals surface area contributed by atoms with Crippen LogP contribution in [0.25, 0.3) is 0 Å². The standard InChI is InChI=1S/C23H27F3N4O2/c1-27-14-4-7-20(31)30-22(12-13-22)21(32)28-15-16-8-10-17(11-9-16)29-19-6-3-2-5-18(19)23(24,25)26/h2-3,5-6,8-11,27,29H,4,7,12-15H2,1H3,(H,28,32)(H,30,31). The molecule has 4 N–H and O–H groups in total. The summed E-state index contributed by atoms with van der Waals surface area (Å²) >= 11 is 0. The fourth-order valence-electron chi connectivity index (χ4n) is 3.34. The molecule has 0 bridgehead atoms. The predicted octanol–water partition coefficient (Wildman–Crippen LogP) is 3.71. The van der Waals surface area contributed by atoms with Gasteiger partial charge in [-0.3, -0.25) is 9.59 Å². The van der Waals surface area contributed by atoms with Crippen molar-refractivity contribution in [2.45, 2.75) is 43.9 Å². The molecule has 0 saturated heterocycles. The quantitative estimate of drug-likeness (QED) is 0.418. The van der Waals surface area contributed by atoms with Gasteiger partial charge in [0.25, 0.3) is 0 Å². The maximum atomic E-state index is 13.1. The Morgan fingerprint density at radius 2 is 1.72 bits per heavy atom. The van der Waals surface area contributed by atoms with Gasteiger partial charge >= 0.3 is 6.18 Å². The second kappa shape index (κ2) is 10.0. The zero-order valence-electron chi connectivity index (χ0n) is 17.8. The molecule has 0 heterocycles. The Morgan fingerprint density at radius 1 is 1.03 bits per heavy atom. The average Bonchev–Trinajstić information content (AvgIpc) is 3.53. The van der Waals surface area contributed by atoms with E-state index in [0.29, 0.717) is 31.4 Å². The minimum Gasteiger partial charge on any atom is -0.355 e. The molecule has 6 nitrogen and oxygen atoms in total. The summed E-state index contributed by atoms with van der Waals surface area (Å²) < 4.78 is 39.4. The number of amides is 2. The molecule has 1 aliphatic rings. The third kappa shape index (κ3) is 6.23. The Kier molecular flexibility index (Phi) is 7.40. The Labute approximate surface area is 185 Å². The maximum absolute atomic E-state index is 13.1. The van der Waals surface area contributed by atoms with Crippen LogP contribution in [-0.2, 0) is 22.3 Å². The zero-order valence-corrected chi connectivity index (χ0v) is 17.8. The van der Waals surface area contributed by atoms with E-state index in [4.69, 9.17) is 0 Å². The van der Waals surface area contributed by atoms with E-state index in [1.54, 1.807) is 24.3 Å². The number of halogens is 3. The molecule has 0 spiro atoms. The zero-order chi connectivity index (χ0) is 23.2. The Bertz CT molecular complexity index is 941. The SMILES string of the molecule is CNCCCC(=O)NC1(C(=O)NCc2ccc(Nc3ccccc3C(F)(F)F)cc2)CC1. The van der Waals surface area contributed by atoms with Crippen molar-refractivity contribution in [2.24, 2.45) is 0 Å². The van der Waals surface area contributed by atoms with Gasteiger partial charge in [0.05, 0.1) is 11.3 Å². The number of carbonyl (C=O) groups excluding carboxylic acids is 2. The van der Waals surface area contributed by atoms with Crippen LogP contribution in [0.15, 0.2) is 48.5 Å². The van der Waals surface area contributed by atoms with Crippen molar-refractivity contribution in [2.75, 3.05) is 18.9 Å². The van der Waals surface area contributed by atoms with Crippen LogP contribution < -0.4 is 21.3 Å². The van der Waals surface area contributed by atoms with E-state index in [1.807, 2.05) is 7.05 Å². The maximum Gasteiger partial charge on any atom is 0.418 e. The summed E-state index contributed by atoms with van der Waals surface area (Å²) in [5.41, 5.74) is -0.283. The van der Waals surface area contributed by atoms with E-state index in [9.17, 15) is 22.8 Å². The van der Waals surface area contributed by atoms with Crippen LogP contribution >= 0.6 is 0 Å². The molecule has 9 heteroatoms. The minimum atomic E-state index is -4.45. The van der Waals surface area contributed by atoms with Gasteiger partial charge in [0.2, 0.25) is 11.8 Å². The monoisotopic (exact) mass is 448 g/mol. The number of carbonyl (C=O) groups is 2. The largest absolute Gasteiger partial charge is 0.418 e. The summed E-state index contributed by atoms with van der Waals surface area (Å²) in [5.74, 6) is -0.358. The summed E-state index contributed by atoms with van der Waals surface area (Å²) in [6, 6.07) is 12.1. The number of para-hydroxylation sites is 1. The van der Waals surface area contributed by atoms with E-state index in [-0.39, 0.29) is 24.0 Å². The molecule has 2 amide bonds. The number of hydrogen-bond acceptors (Lipinski definition) is 4. The van der Waals surface area contributed by atoms with E-state index in [2.05, 4.69) is 21.3 Å². The molecule has 3 rings (SSSR count). The molecule has 0 aliphatic heterocycles. The third-order valence-electron chi connectivity index (χ3n) is 5.31. The second-order valence-electron chi connectivity index (χ2n) is 7.89. The molecular weight excluding hydrogens is 421 g/mol. The number of benzene rings is 2. The Hall–Kier alpha value is -3.07. The lowest BCUT2D eigenvalue weighted by atomic mass is 10.1.